The fourth-order valence-corrected chi connectivity index (χ4v) is 23.1. The number of benzene rings is 26. The summed E-state index contributed by atoms with van der Waals surface area (Å²) in [6, 6.07) is 163. The molecule has 0 aliphatic heterocycles. The Kier molecular flexibility index (Phi) is 16.9. The number of para-hydroxylation sites is 4. The SMILES string of the molecule is Cc1ccc2c(oc3ccc4ccccc4c32)c1N(c1ccccc1)c1ccc2ccc3c(N(c4ccccc4)c4c(C)ccc5c4oc4ccc6ccccc6c45)ccc4ccc1c2c43.c1ccc2cc(N(c3ccc4ccc5c(N(c6ccc7ccccc7c6)c6cccc7c6oc6ccc8ccccc8c67)ccc6ccc3c4c65)c3cccc4c3oc3ccc5ccccc5c34)ccc2c1. The van der Waals surface area contributed by atoms with Gasteiger partial charge in [0, 0.05) is 87.4 Å². The Bertz CT molecular complexity index is 9750. The molecule has 8 nitrogen and oxygen atoms in total. The first-order valence-electron chi connectivity index (χ1n) is 47.3. The molecular formula is C130H80N4O4. The van der Waals surface area contributed by atoms with Crippen molar-refractivity contribution in [2.45, 2.75) is 13.8 Å². The van der Waals surface area contributed by atoms with Crippen LogP contribution in [0.4, 0.5) is 68.2 Å². The predicted octanol–water partition coefficient (Wildman–Crippen LogP) is 38.2. The number of aryl methyl sites for hydroxylation is 2. The molecule has 4 aromatic heterocycles. The number of fused-ring (bicyclic) bond motifs is 22. The van der Waals surface area contributed by atoms with Crippen molar-refractivity contribution < 1.29 is 17.7 Å². The van der Waals surface area contributed by atoms with Gasteiger partial charge in [-0.1, -0.05) is 340 Å². The van der Waals surface area contributed by atoms with Crippen LogP contribution in [0.5, 0.6) is 0 Å². The van der Waals surface area contributed by atoms with Gasteiger partial charge in [0.05, 0.1) is 45.5 Å². The van der Waals surface area contributed by atoms with E-state index < -0.39 is 0 Å². The number of anilines is 12. The monoisotopic (exact) mass is 1760 g/mol. The van der Waals surface area contributed by atoms with Crippen LogP contribution in [0.3, 0.4) is 0 Å². The number of nitrogens with zero attached hydrogens (tertiary/aromatic N) is 4. The quantitative estimate of drug-likeness (QED) is 0.112. The Morgan fingerprint density at radius 3 is 0.739 bits per heavy atom. The van der Waals surface area contributed by atoms with Crippen LogP contribution in [0, 0.1) is 13.8 Å². The van der Waals surface area contributed by atoms with Gasteiger partial charge in [-0.15, -0.1) is 0 Å². The summed E-state index contributed by atoms with van der Waals surface area (Å²) in [5.74, 6) is 0. The lowest BCUT2D eigenvalue weighted by atomic mass is 9.91. The van der Waals surface area contributed by atoms with Gasteiger partial charge >= 0.3 is 0 Å². The minimum Gasteiger partial charge on any atom is -0.454 e. The molecule has 0 aliphatic carbocycles. The second kappa shape index (κ2) is 30.1. The Balaban J connectivity index is 0.000000134. The van der Waals surface area contributed by atoms with E-state index >= 15 is 0 Å². The summed E-state index contributed by atoms with van der Waals surface area (Å²) in [6.07, 6.45) is 0. The lowest BCUT2D eigenvalue weighted by molar-refractivity contribution is 0.668. The Morgan fingerprint density at radius 1 is 0.145 bits per heavy atom. The molecule has 0 saturated heterocycles. The van der Waals surface area contributed by atoms with Crippen molar-refractivity contribution in [2.75, 3.05) is 19.6 Å². The average molecular weight is 1760 g/mol. The Labute approximate surface area is 790 Å². The van der Waals surface area contributed by atoms with Gasteiger partial charge < -0.3 is 37.3 Å². The van der Waals surface area contributed by atoms with Gasteiger partial charge in [0.2, 0.25) is 0 Å². The largest absolute Gasteiger partial charge is 0.454 e. The second-order valence-corrected chi connectivity index (χ2v) is 36.8. The van der Waals surface area contributed by atoms with E-state index in [2.05, 4.69) is 482 Å². The summed E-state index contributed by atoms with van der Waals surface area (Å²) in [7, 11) is 0. The summed E-state index contributed by atoms with van der Waals surface area (Å²) in [6.45, 7) is 4.40. The maximum absolute atomic E-state index is 7.00. The van der Waals surface area contributed by atoms with Crippen LogP contribution < -0.4 is 19.6 Å². The molecule has 4 heterocycles. The van der Waals surface area contributed by atoms with Crippen LogP contribution in [0.15, 0.2) is 467 Å². The van der Waals surface area contributed by atoms with Crippen LogP contribution in [-0.4, -0.2) is 0 Å². The maximum Gasteiger partial charge on any atom is 0.159 e. The molecule has 0 unspecified atom stereocenters. The molecule has 644 valence electrons. The molecule has 0 N–H and O–H groups in total. The van der Waals surface area contributed by atoms with E-state index in [0.29, 0.717) is 0 Å². The molecule has 0 fully saturated rings. The van der Waals surface area contributed by atoms with E-state index in [1.165, 1.54) is 118 Å². The van der Waals surface area contributed by atoms with Crippen molar-refractivity contribution in [3.05, 3.63) is 460 Å². The number of hydrogen-bond acceptors (Lipinski definition) is 8. The summed E-state index contributed by atoms with van der Waals surface area (Å²) in [5, 5.41) is 37.5. The predicted molar refractivity (Wildman–Crippen MR) is 583 cm³/mol. The van der Waals surface area contributed by atoms with Gasteiger partial charge in [-0.25, -0.2) is 0 Å². The zero-order valence-corrected chi connectivity index (χ0v) is 75.1. The molecule has 8 heteroatoms. The highest BCUT2D eigenvalue weighted by atomic mass is 16.3. The van der Waals surface area contributed by atoms with Crippen LogP contribution >= 0.6 is 0 Å². The Hall–Kier alpha value is -18.2. The summed E-state index contributed by atoms with van der Waals surface area (Å²) in [4.78, 5) is 9.67. The topological polar surface area (TPSA) is 65.5 Å². The minimum absolute atomic E-state index is 0.851. The van der Waals surface area contributed by atoms with E-state index in [1.807, 2.05) is 0 Å². The van der Waals surface area contributed by atoms with Crippen molar-refractivity contribution in [3.8, 4) is 0 Å². The van der Waals surface area contributed by atoms with E-state index in [9.17, 15) is 0 Å². The van der Waals surface area contributed by atoms with Crippen molar-refractivity contribution in [1.29, 1.82) is 0 Å². The molecule has 0 saturated carbocycles. The molecule has 0 atom stereocenters. The van der Waals surface area contributed by atoms with Gasteiger partial charge in [0.1, 0.15) is 22.3 Å². The normalized spacial score (nSPS) is 12.1. The highest BCUT2D eigenvalue weighted by Crippen LogP contribution is 2.57. The number of hydrogen-bond donors (Lipinski definition) is 0. The van der Waals surface area contributed by atoms with Crippen LogP contribution in [0.1, 0.15) is 11.1 Å². The smallest absolute Gasteiger partial charge is 0.159 e. The van der Waals surface area contributed by atoms with E-state index in [-0.39, 0.29) is 0 Å². The van der Waals surface area contributed by atoms with E-state index in [0.717, 1.165) is 178 Å². The molecule has 0 aliphatic rings. The Morgan fingerprint density at radius 2 is 0.399 bits per heavy atom. The van der Waals surface area contributed by atoms with Gasteiger partial charge in [0.25, 0.3) is 0 Å². The molecular weight excluding hydrogens is 1680 g/mol. The lowest BCUT2D eigenvalue weighted by Crippen LogP contribution is -2.13. The lowest BCUT2D eigenvalue weighted by Gasteiger charge is -2.30. The van der Waals surface area contributed by atoms with Crippen LogP contribution in [0.25, 0.3) is 217 Å². The van der Waals surface area contributed by atoms with Crippen LogP contribution in [0.2, 0.25) is 0 Å². The molecule has 0 spiro atoms. The van der Waals surface area contributed by atoms with Crippen molar-refractivity contribution in [1.82, 2.24) is 0 Å². The summed E-state index contributed by atoms with van der Waals surface area (Å²) < 4.78 is 27.9. The maximum atomic E-state index is 7.00. The molecule has 26 aromatic carbocycles. The number of furan rings is 4. The van der Waals surface area contributed by atoms with Gasteiger partial charge in [0.15, 0.2) is 22.3 Å². The second-order valence-electron chi connectivity index (χ2n) is 36.8. The first-order chi connectivity index (χ1) is 68.3. The summed E-state index contributed by atoms with van der Waals surface area (Å²) >= 11 is 0. The zero-order valence-electron chi connectivity index (χ0n) is 75.1. The fourth-order valence-electron chi connectivity index (χ4n) is 23.1. The fraction of sp³-hybridized carbons (Fsp3) is 0.0154. The van der Waals surface area contributed by atoms with E-state index in [1.54, 1.807) is 0 Å². The van der Waals surface area contributed by atoms with Crippen molar-refractivity contribution in [2.24, 2.45) is 0 Å². The molecule has 0 amide bonds. The van der Waals surface area contributed by atoms with Crippen LogP contribution in [-0.2, 0) is 0 Å². The molecule has 30 aromatic rings. The molecule has 0 bridgehead atoms. The van der Waals surface area contributed by atoms with E-state index in [4.69, 9.17) is 17.7 Å². The summed E-state index contributed by atoms with van der Waals surface area (Å²) in [5.41, 5.74) is 21.8. The standard InChI is InChI=1S/C68H40N2O2.C62H40N2O2/c1-3-15-47-39-49(31-23-41(47)11-1)69(59-21-9-19-55-65-51-17-7-5-13-43(51)29-37-61(65)71-67(55)59)57-35-27-45-26-34-54-58(36-28-46-25-33-53(57)63(45)64(46)54)70(50-32-24-42-12-2-4-16-48(42)40-50)60-22-10-20-56-66-52-18-8-6-14-44(52)30-38-62(66)72-68(56)60;1-37-21-29-49-57-45-19-11-9-13-39(45)27-35-53(57)65-61(49)59(37)63(43-15-5-3-6-16-43)51-33-25-41-24-32-48-52(34-26-42-23-31-47(51)55(41)56(42)48)64(44-17-7-4-8-18-44)60-38(2)22-30-50-58-46-20-12-10-14-40(46)28-36-54(58)66-62(50)60/h1-40H;3-36H,1-2H3. The molecule has 30 rings (SSSR count). The van der Waals surface area contributed by atoms with Gasteiger partial charge in [-0.3, -0.25) is 0 Å². The van der Waals surface area contributed by atoms with Gasteiger partial charge in [-0.05, 0) is 242 Å². The van der Waals surface area contributed by atoms with Crippen molar-refractivity contribution in [3.63, 3.8) is 0 Å². The third kappa shape index (κ3) is 11.6. The highest BCUT2D eigenvalue weighted by Gasteiger charge is 2.32. The number of rotatable bonds is 12. The highest BCUT2D eigenvalue weighted by molar-refractivity contribution is 6.33. The third-order valence-corrected chi connectivity index (χ3v) is 29.3. The molecule has 0 radical (unpaired) electrons. The third-order valence-electron chi connectivity index (χ3n) is 29.3. The van der Waals surface area contributed by atoms with Crippen molar-refractivity contribution >= 4 is 285 Å². The first-order valence-corrected chi connectivity index (χ1v) is 47.3. The molecule has 138 heavy (non-hydrogen) atoms. The minimum atomic E-state index is 0.851. The van der Waals surface area contributed by atoms with Gasteiger partial charge in [-0.2, -0.15) is 0 Å². The zero-order chi connectivity index (χ0) is 90.6. The average Bonchev–Trinajstić information content (AvgIpc) is 1.63. The first kappa shape index (κ1) is 77.4.